The van der Waals surface area contributed by atoms with Crippen LogP contribution in [0.3, 0.4) is 0 Å². The van der Waals surface area contributed by atoms with Crippen LogP contribution in [0.5, 0.6) is 0 Å². The van der Waals surface area contributed by atoms with E-state index in [0.717, 1.165) is 13.0 Å². The molecule has 0 aliphatic heterocycles. The van der Waals surface area contributed by atoms with E-state index in [4.69, 9.17) is 0 Å². The molecular weight excluding hydrogens is 320 g/mol. The van der Waals surface area contributed by atoms with Crippen molar-refractivity contribution in [3.05, 3.63) is 49.9 Å². The molecule has 0 fully saturated rings. The minimum absolute atomic E-state index is 0.238. The Balaban J connectivity index is 2.35. The first-order valence-corrected chi connectivity index (χ1v) is 8.13. The van der Waals surface area contributed by atoms with Crippen molar-refractivity contribution >= 4 is 27.3 Å². The van der Waals surface area contributed by atoms with E-state index in [-0.39, 0.29) is 6.04 Å². The summed E-state index contributed by atoms with van der Waals surface area (Å²) in [6, 6.07) is 4.70. The van der Waals surface area contributed by atoms with Crippen molar-refractivity contribution in [2.75, 3.05) is 6.54 Å². The highest BCUT2D eigenvalue weighted by molar-refractivity contribution is 9.11. The maximum Gasteiger partial charge on any atom is 0.0731 e. The maximum absolute atomic E-state index is 4.32. The summed E-state index contributed by atoms with van der Waals surface area (Å²) in [4.78, 5) is 5.66. The Hall–Kier alpha value is -0.710. The van der Waals surface area contributed by atoms with Crippen LogP contribution in [-0.4, -0.2) is 11.5 Å². The summed E-state index contributed by atoms with van der Waals surface area (Å²) in [5.41, 5.74) is 3.74. The molecule has 2 nitrogen and oxygen atoms in total. The third kappa shape index (κ3) is 3.65. The molecule has 4 heteroatoms. The largest absolute Gasteiger partial charge is 0.306 e. The summed E-state index contributed by atoms with van der Waals surface area (Å²) >= 11 is 5.41. The van der Waals surface area contributed by atoms with Gasteiger partial charge in [-0.2, -0.15) is 0 Å². The smallest absolute Gasteiger partial charge is 0.0731 e. The fourth-order valence-corrected chi connectivity index (χ4v) is 3.71. The van der Waals surface area contributed by atoms with Crippen molar-refractivity contribution in [2.45, 2.75) is 33.2 Å². The molecule has 0 amide bonds. The Morgan fingerprint density at radius 2 is 2.11 bits per heavy atom. The summed E-state index contributed by atoms with van der Waals surface area (Å²) < 4.78 is 1.21. The Morgan fingerprint density at radius 1 is 1.32 bits per heavy atom. The van der Waals surface area contributed by atoms with Crippen molar-refractivity contribution in [1.29, 1.82) is 0 Å². The van der Waals surface area contributed by atoms with E-state index >= 15 is 0 Å². The number of hydrogen-bond acceptors (Lipinski definition) is 3. The average Bonchev–Trinajstić information content (AvgIpc) is 2.70. The van der Waals surface area contributed by atoms with Crippen LogP contribution in [-0.2, 0) is 0 Å². The predicted octanol–water partition coefficient (Wildman–Crippen LogP) is 4.61. The monoisotopic (exact) mass is 338 g/mol. The highest BCUT2D eigenvalue weighted by Gasteiger charge is 2.17. The lowest BCUT2D eigenvalue weighted by molar-refractivity contribution is 0.604. The van der Waals surface area contributed by atoms with Gasteiger partial charge in [-0.15, -0.1) is 11.3 Å². The molecule has 0 aliphatic carbocycles. The molecule has 19 heavy (non-hydrogen) atoms. The number of nitrogens with zero attached hydrogens (tertiary/aromatic N) is 1. The number of hydrogen-bond donors (Lipinski definition) is 1. The van der Waals surface area contributed by atoms with Crippen LogP contribution in [0, 0.1) is 13.8 Å². The highest BCUT2D eigenvalue weighted by atomic mass is 79.9. The first-order chi connectivity index (χ1) is 9.11. The van der Waals surface area contributed by atoms with Crippen molar-refractivity contribution < 1.29 is 0 Å². The van der Waals surface area contributed by atoms with Crippen LogP contribution in [0.25, 0.3) is 0 Å². The molecule has 2 aromatic heterocycles. The molecule has 2 rings (SSSR count). The lowest BCUT2D eigenvalue weighted by Gasteiger charge is -2.17. The van der Waals surface area contributed by atoms with Gasteiger partial charge >= 0.3 is 0 Å². The number of rotatable bonds is 5. The molecule has 1 N–H and O–H groups in total. The molecule has 1 atom stereocenters. The molecule has 0 aromatic carbocycles. The minimum atomic E-state index is 0.238. The molecule has 2 aromatic rings. The van der Waals surface area contributed by atoms with E-state index in [1.807, 2.05) is 12.4 Å². The highest BCUT2D eigenvalue weighted by Crippen LogP contribution is 2.34. The van der Waals surface area contributed by atoms with Gasteiger partial charge in [-0.05, 0) is 65.5 Å². The van der Waals surface area contributed by atoms with Crippen LogP contribution >= 0.6 is 27.3 Å². The van der Waals surface area contributed by atoms with Crippen molar-refractivity contribution in [2.24, 2.45) is 0 Å². The van der Waals surface area contributed by atoms with E-state index in [2.05, 4.69) is 59.1 Å². The Morgan fingerprint density at radius 3 is 2.68 bits per heavy atom. The number of halogens is 1. The van der Waals surface area contributed by atoms with Crippen molar-refractivity contribution in [3.8, 4) is 0 Å². The van der Waals surface area contributed by atoms with Gasteiger partial charge in [0.15, 0.2) is 0 Å². The van der Waals surface area contributed by atoms with E-state index in [1.54, 1.807) is 11.3 Å². The molecule has 0 spiro atoms. The maximum atomic E-state index is 4.32. The Bertz CT molecular complexity index is 531. The van der Waals surface area contributed by atoms with Gasteiger partial charge in [0, 0.05) is 17.3 Å². The second kappa shape index (κ2) is 6.64. The van der Waals surface area contributed by atoms with Gasteiger partial charge in [0.1, 0.15) is 0 Å². The first kappa shape index (κ1) is 14.7. The molecule has 102 valence electrons. The summed E-state index contributed by atoms with van der Waals surface area (Å²) in [6.45, 7) is 7.42. The molecule has 0 saturated heterocycles. The molecule has 0 saturated carbocycles. The number of pyridine rings is 1. The Kier molecular flexibility index (Phi) is 5.13. The molecule has 0 aliphatic rings. The standard InChI is InChI=1S/C15H19BrN2S/c1-4-5-18-14(12-6-10(2)8-17-9-12)13-7-11(3)15(16)19-13/h6-9,14,18H,4-5H2,1-3H3. The predicted molar refractivity (Wildman–Crippen MR) is 85.9 cm³/mol. The summed E-state index contributed by atoms with van der Waals surface area (Å²) in [7, 11) is 0. The summed E-state index contributed by atoms with van der Waals surface area (Å²) in [6.07, 6.45) is 4.99. The van der Waals surface area contributed by atoms with Crippen LogP contribution in [0.4, 0.5) is 0 Å². The fraction of sp³-hybridized carbons (Fsp3) is 0.400. The van der Waals surface area contributed by atoms with E-state index in [0.29, 0.717) is 0 Å². The van der Waals surface area contributed by atoms with E-state index in [9.17, 15) is 0 Å². The van der Waals surface area contributed by atoms with Gasteiger partial charge in [0.25, 0.3) is 0 Å². The second-order valence-electron chi connectivity index (χ2n) is 4.79. The van der Waals surface area contributed by atoms with Gasteiger partial charge in [0.05, 0.1) is 9.83 Å². The molecule has 2 heterocycles. The Labute approximate surface area is 127 Å². The molecular formula is C15H19BrN2S. The number of aromatic nitrogens is 1. The number of nitrogens with one attached hydrogen (secondary N) is 1. The SMILES string of the molecule is CCCNC(c1cncc(C)c1)c1cc(C)c(Br)s1. The zero-order valence-corrected chi connectivity index (χ0v) is 13.9. The van der Waals surface area contributed by atoms with Gasteiger partial charge in [-0.3, -0.25) is 4.98 Å². The number of aryl methyl sites for hydroxylation is 2. The first-order valence-electron chi connectivity index (χ1n) is 6.52. The van der Waals surface area contributed by atoms with E-state index in [1.165, 1.54) is 25.4 Å². The van der Waals surface area contributed by atoms with Gasteiger partial charge < -0.3 is 5.32 Å². The van der Waals surface area contributed by atoms with Crippen molar-refractivity contribution in [3.63, 3.8) is 0 Å². The van der Waals surface area contributed by atoms with Crippen LogP contribution in [0.1, 0.15) is 41.0 Å². The third-order valence-electron chi connectivity index (χ3n) is 2.99. The van der Waals surface area contributed by atoms with E-state index < -0.39 is 0 Å². The van der Waals surface area contributed by atoms with Crippen LogP contribution in [0.2, 0.25) is 0 Å². The zero-order chi connectivity index (χ0) is 13.8. The zero-order valence-electron chi connectivity index (χ0n) is 11.5. The lowest BCUT2D eigenvalue weighted by Crippen LogP contribution is -2.22. The van der Waals surface area contributed by atoms with Crippen molar-refractivity contribution in [1.82, 2.24) is 10.3 Å². The number of thiophene rings is 1. The topological polar surface area (TPSA) is 24.9 Å². The van der Waals surface area contributed by atoms with Gasteiger partial charge in [-0.1, -0.05) is 13.0 Å². The average molecular weight is 339 g/mol. The fourth-order valence-electron chi connectivity index (χ4n) is 2.03. The summed E-state index contributed by atoms with van der Waals surface area (Å²) in [5.74, 6) is 0. The normalized spacial score (nSPS) is 12.6. The third-order valence-corrected chi connectivity index (χ3v) is 5.19. The molecule has 0 radical (unpaired) electrons. The summed E-state index contributed by atoms with van der Waals surface area (Å²) in [5, 5.41) is 3.62. The van der Waals surface area contributed by atoms with Crippen LogP contribution in [0.15, 0.2) is 28.3 Å². The second-order valence-corrected chi connectivity index (χ2v) is 7.19. The lowest BCUT2D eigenvalue weighted by atomic mass is 10.1. The molecule has 0 bridgehead atoms. The molecule has 1 unspecified atom stereocenters. The van der Waals surface area contributed by atoms with Crippen LogP contribution < -0.4 is 5.32 Å². The van der Waals surface area contributed by atoms with Gasteiger partial charge in [-0.25, -0.2) is 0 Å². The quantitative estimate of drug-likeness (QED) is 0.860. The minimum Gasteiger partial charge on any atom is -0.306 e. The van der Waals surface area contributed by atoms with Gasteiger partial charge in [0.2, 0.25) is 0 Å².